The maximum Gasteiger partial charge on any atom is 0.241 e. The molecule has 1 fully saturated rings. The summed E-state index contributed by atoms with van der Waals surface area (Å²) in [5.41, 5.74) is 3.87. The van der Waals surface area contributed by atoms with Crippen LogP contribution in [0.4, 0.5) is 0 Å². The molecule has 3 aromatic rings. The average Bonchev–Trinajstić information content (AvgIpc) is 3.29. The molecule has 0 radical (unpaired) electrons. The Morgan fingerprint density at radius 3 is 2.47 bits per heavy atom. The Morgan fingerprint density at radius 2 is 1.83 bits per heavy atom. The molecule has 1 amide bonds. The second-order valence-corrected chi connectivity index (χ2v) is 8.06. The molecule has 0 atom stereocenters. The molecule has 9 heteroatoms. The molecule has 0 bridgehead atoms. The van der Waals surface area contributed by atoms with Crippen molar-refractivity contribution in [1.29, 1.82) is 0 Å². The van der Waals surface area contributed by atoms with E-state index in [9.17, 15) is 4.79 Å². The summed E-state index contributed by atoms with van der Waals surface area (Å²) in [5, 5.41) is 9.14. The third-order valence-corrected chi connectivity index (χ3v) is 5.89. The number of hydrogen-bond acceptors (Lipinski definition) is 6. The van der Waals surface area contributed by atoms with Gasteiger partial charge in [-0.2, -0.15) is 10.1 Å². The molecule has 1 saturated heterocycles. The van der Waals surface area contributed by atoms with Crippen molar-refractivity contribution < 1.29 is 9.32 Å². The average molecular weight is 429 g/mol. The first-order chi connectivity index (χ1) is 14.4. The molecule has 1 aliphatic heterocycles. The van der Waals surface area contributed by atoms with Gasteiger partial charge in [0.2, 0.25) is 17.6 Å². The third-order valence-electron chi connectivity index (χ3n) is 5.64. The van der Waals surface area contributed by atoms with Crippen LogP contribution in [0.5, 0.6) is 0 Å². The van der Waals surface area contributed by atoms with Crippen molar-refractivity contribution in [2.75, 3.05) is 26.2 Å². The number of halogens is 1. The Balaban J connectivity index is 1.30. The van der Waals surface area contributed by atoms with E-state index in [1.807, 2.05) is 42.6 Å². The minimum Gasteiger partial charge on any atom is -0.340 e. The molecule has 8 nitrogen and oxygen atoms in total. The molecule has 0 aliphatic carbocycles. The number of aryl methyl sites for hydroxylation is 2. The number of amides is 1. The minimum absolute atomic E-state index is 0.150. The van der Waals surface area contributed by atoms with Gasteiger partial charge in [-0.15, -0.1) is 0 Å². The molecule has 1 aliphatic rings. The van der Waals surface area contributed by atoms with Gasteiger partial charge >= 0.3 is 0 Å². The van der Waals surface area contributed by atoms with Gasteiger partial charge in [0.05, 0.1) is 18.7 Å². The molecule has 0 unspecified atom stereocenters. The molecular formula is C21H25ClN6O2. The van der Waals surface area contributed by atoms with Crippen LogP contribution in [0, 0.1) is 13.8 Å². The van der Waals surface area contributed by atoms with Gasteiger partial charge in [0.1, 0.15) is 0 Å². The summed E-state index contributed by atoms with van der Waals surface area (Å²) >= 11 is 5.93. The maximum absolute atomic E-state index is 12.8. The van der Waals surface area contributed by atoms with Crippen LogP contribution < -0.4 is 0 Å². The van der Waals surface area contributed by atoms with Crippen LogP contribution in [0.25, 0.3) is 11.4 Å². The lowest BCUT2D eigenvalue weighted by Gasteiger charge is -2.34. The van der Waals surface area contributed by atoms with Crippen molar-refractivity contribution in [3.8, 4) is 11.4 Å². The van der Waals surface area contributed by atoms with Crippen LogP contribution in [0.1, 0.15) is 22.8 Å². The van der Waals surface area contributed by atoms with Crippen LogP contribution in [0.3, 0.4) is 0 Å². The normalized spacial score (nSPS) is 15.0. The smallest absolute Gasteiger partial charge is 0.241 e. The zero-order valence-electron chi connectivity index (χ0n) is 17.4. The predicted molar refractivity (Wildman–Crippen MR) is 113 cm³/mol. The Morgan fingerprint density at radius 1 is 1.13 bits per heavy atom. The first-order valence-corrected chi connectivity index (χ1v) is 10.4. The van der Waals surface area contributed by atoms with Crippen LogP contribution in [0.2, 0.25) is 5.02 Å². The lowest BCUT2D eigenvalue weighted by molar-refractivity contribution is -0.132. The van der Waals surface area contributed by atoms with E-state index in [0.29, 0.717) is 42.8 Å². The van der Waals surface area contributed by atoms with Crippen molar-refractivity contribution in [3.05, 3.63) is 52.1 Å². The number of rotatable bonds is 5. The number of carbonyl (C=O) groups excluding carboxylic acids is 1. The van der Waals surface area contributed by atoms with Crippen LogP contribution in [-0.2, 0) is 24.8 Å². The SMILES string of the molecule is Cc1nn(C)c(C)c1CC(=O)N1CCN(Cc2nc(-c3ccc(Cl)cc3)no2)CC1. The number of carbonyl (C=O) groups is 1. The highest BCUT2D eigenvalue weighted by atomic mass is 35.5. The predicted octanol–water partition coefficient (Wildman–Crippen LogP) is 2.63. The summed E-state index contributed by atoms with van der Waals surface area (Å²) in [4.78, 5) is 21.4. The number of aromatic nitrogens is 4. The highest BCUT2D eigenvalue weighted by Crippen LogP contribution is 2.20. The molecule has 0 saturated carbocycles. The second-order valence-electron chi connectivity index (χ2n) is 7.63. The van der Waals surface area contributed by atoms with Gasteiger partial charge in [-0.3, -0.25) is 14.4 Å². The number of benzene rings is 1. The van der Waals surface area contributed by atoms with Gasteiger partial charge in [0.15, 0.2) is 0 Å². The van der Waals surface area contributed by atoms with Gasteiger partial charge in [0, 0.05) is 55.1 Å². The lowest BCUT2D eigenvalue weighted by atomic mass is 10.1. The quantitative estimate of drug-likeness (QED) is 0.621. The first-order valence-electron chi connectivity index (χ1n) is 9.98. The van der Waals surface area contributed by atoms with Crippen molar-refractivity contribution in [1.82, 2.24) is 29.7 Å². The summed E-state index contributed by atoms with van der Waals surface area (Å²) < 4.78 is 7.24. The molecule has 0 spiro atoms. The van der Waals surface area contributed by atoms with E-state index in [1.165, 1.54) is 0 Å². The number of piperazine rings is 1. The largest absolute Gasteiger partial charge is 0.340 e. The fourth-order valence-corrected chi connectivity index (χ4v) is 3.84. The van der Waals surface area contributed by atoms with Crippen LogP contribution in [0.15, 0.2) is 28.8 Å². The zero-order chi connectivity index (χ0) is 21.3. The van der Waals surface area contributed by atoms with Crippen molar-refractivity contribution in [3.63, 3.8) is 0 Å². The molecule has 30 heavy (non-hydrogen) atoms. The molecule has 2 aromatic heterocycles. The van der Waals surface area contributed by atoms with E-state index in [0.717, 1.165) is 35.6 Å². The Kier molecular flexibility index (Phi) is 5.87. The van der Waals surface area contributed by atoms with Crippen LogP contribution >= 0.6 is 11.6 Å². The van der Waals surface area contributed by atoms with Gasteiger partial charge in [-0.1, -0.05) is 16.8 Å². The summed E-state index contributed by atoms with van der Waals surface area (Å²) in [5.74, 6) is 1.27. The molecular weight excluding hydrogens is 404 g/mol. The Bertz CT molecular complexity index is 1030. The number of nitrogens with zero attached hydrogens (tertiary/aromatic N) is 6. The molecule has 4 rings (SSSR count). The minimum atomic E-state index is 0.150. The highest BCUT2D eigenvalue weighted by molar-refractivity contribution is 6.30. The summed E-state index contributed by atoms with van der Waals surface area (Å²) in [6.45, 7) is 7.46. The van der Waals surface area contributed by atoms with E-state index in [2.05, 4.69) is 20.1 Å². The second kappa shape index (κ2) is 8.57. The van der Waals surface area contributed by atoms with Gasteiger partial charge in [-0.05, 0) is 38.1 Å². The summed E-state index contributed by atoms with van der Waals surface area (Å²) in [7, 11) is 1.91. The molecule has 3 heterocycles. The van der Waals surface area contributed by atoms with Crippen molar-refractivity contribution >= 4 is 17.5 Å². The summed E-state index contributed by atoms with van der Waals surface area (Å²) in [6.07, 6.45) is 0.402. The molecule has 0 N–H and O–H groups in total. The summed E-state index contributed by atoms with van der Waals surface area (Å²) in [6, 6.07) is 7.34. The molecule has 1 aromatic carbocycles. The van der Waals surface area contributed by atoms with Gasteiger partial charge < -0.3 is 9.42 Å². The zero-order valence-corrected chi connectivity index (χ0v) is 18.2. The fourth-order valence-electron chi connectivity index (χ4n) is 3.72. The highest BCUT2D eigenvalue weighted by Gasteiger charge is 2.24. The monoisotopic (exact) mass is 428 g/mol. The van der Waals surface area contributed by atoms with Crippen LogP contribution in [-0.4, -0.2) is 61.8 Å². The Labute approximate surface area is 180 Å². The van der Waals surface area contributed by atoms with E-state index < -0.39 is 0 Å². The fraction of sp³-hybridized carbons (Fsp3) is 0.429. The Hall–Kier alpha value is -2.71. The van der Waals surface area contributed by atoms with E-state index >= 15 is 0 Å². The third kappa shape index (κ3) is 4.39. The lowest BCUT2D eigenvalue weighted by Crippen LogP contribution is -2.48. The number of hydrogen-bond donors (Lipinski definition) is 0. The van der Waals surface area contributed by atoms with Crippen molar-refractivity contribution in [2.45, 2.75) is 26.8 Å². The van der Waals surface area contributed by atoms with Crippen molar-refractivity contribution in [2.24, 2.45) is 7.05 Å². The van der Waals surface area contributed by atoms with Gasteiger partial charge in [0.25, 0.3) is 0 Å². The maximum atomic E-state index is 12.8. The molecule has 158 valence electrons. The topological polar surface area (TPSA) is 80.3 Å². The first kappa shape index (κ1) is 20.6. The van der Waals surface area contributed by atoms with E-state index in [1.54, 1.807) is 12.1 Å². The van der Waals surface area contributed by atoms with E-state index in [-0.39, 0.29) is 5.91 Å². The van der Waals surface area contributed by atoms with E-state index in [4.69, 9.17) is 16.1 Å². The van der Waals surface area contributed by atoms with Gasteiger partial charge in [-0.25, -0.2) is 0 Å². The standard InChI is InChI=1S/C21H25ClN6O2/c1-14-18(15(2)26(3)24-14)12-20(29)28-10-8-27(9-11-28)13-19-23-21(25-30-19)16-4-6-17(22)7-5-16/h4-7H,8-13H2,1-3H3.